The average Bonchev–Trinajstić information content (AvgIpc) is 2.96. The van der Waals surface area contributed by atoms with Gasteiger partial charge in [-0.3, -0.25) is 9.69 Å². The minimum absolute atomic E-state index is 0.331. The number of carboxylic acid groups (broad SMARTS) is 1. The van der Waals surface area contributed by atoms with Crippen LogP contribution in [0.3, 0.4) is 0 Å². The molecule has 0 aliphatic carbocycles. The van der Waals surface area contributed by atoms with Crippen molar-refractivity contribution in [2.24, 2.45) is 0 Å². The quantitative estimate of drug-likeness (QED) is 0.934. The van der Waals surface area contributed by atoms with Gasteiger partial charge in [-0.2, -0.15) is 0 Å². The number of likely N-dealkylation sites (tertiary alicyclic amines) is 1. The summed E-state index contributed by atoms with van der Waals surface area (Å²) in [7, 11) is 0. The molecule has 0 radical (unpaired) electrons. The number of aliphatic carboxylic acids is 1. The molecular weight excluding hydrogens is 274 g/mol. The molecule has 114 valence electrons. The fourth-order valence-corrected chi connectivity index (χ4v) is 3.26. The van der Waals surface area contributed by atoms with Gasteiger partial charge in [0.25, 0.3) is 0 Å². The van der Waals surface area contributed by atoms with Crippen LogP contribution in [0.2, 0.25) is 0 Å². The highest BCUT2D eigenvalue weighted by Crippen LogP contribution is 2.26. The van der Waals surface area contributed by atoms with E-state index in [4.69, 9.17) is 0 Å². The van der Waals surface area contributed by atoms with Crippen molar-refractivity contribution in [3.05, 3.63) is 59.7 Å². The summed E-state index contributed by atoms with van der Waals surface area (Å²) in [5.74, 6) is -0.701. The molecule has 0 spiro atoms. The Morgan fingerprint density at radius 1 is 1.23 bits per heavy atom. The van der Waals surface area contributed by atoms with E-state index in [1.165, 1.54) is 22.3 Å². The molecule has 1 aliphatic heterocycles. The Labute approximate surface area is 131 Å². The summed E-state index contributed by atoms with van der Waals surface area (Å²) in [5.41, 5.74) is 4.86. The Balaban J connectivity index is 1.83. The summed E-state index contributed by atoms with van der Waals surface area (Å²) in [6, 6.07) is 16.4. The van der Waals surface area contributed by atoms with Gasteiger partial charge >= 0.3 is 5.97 Å². The monoisotopic (exact) mass is 295 g/mol. The van der Waals surface area contributed by atoms with Crippen molar-refractivity contribution < 1.29 is 9.90 Å². The Hall–Kier alpha value is -2.13. The molecule has 2 aromatic carbocycles. The second-order valence-electron chi connectivity index (χ2n) is 5.98. The molecule has 22 heavy (non-hydrogen) atoms. The summed E-state index contributed by atoms with van der Waals surface area (Å²) in [4.78, 5) is 13.4. The minimum atomic E-state index is -0.701. The Kier molecular flexibility index (Phi) is 4.25. The van der Waals surface area contributed by atoms with E-state index in [0.717, 1.165) is 19.4 Å². The highest BCUT2D eigenvalue weighted by Gasteiger charge is 2.30. The fraction of sp³-hybridized carbons (Fsp3) is 0.316. The van der Waals surface area contributed by atoms with Gasteiger partial charge in [-0.1, -0.05) is 42.5 Å². The lowest BCUT2D eigenvalue weighted by atomic mass is 9.99. The van der Waals surface area contributed by atoms with Crippen LogP contribution < -0.4 is 0 Å². The van der Waals surface area contributed by atoms with Crippen LogP contribution in [0.5, 0.6) is 0 Å². The minimum Gasteiger partial charge on any atom is -0.480 e. The maximum Gasteiger partial charge on any atom is 0.320 e. The van der Waals surface area contributed by atoms with Crippen molar-refractivity contribution in [1.29, 1.82) is 0 Å². The predicted molar refractivity (Wildman–Crippen MR) is 87.7 cm³/mol. The average molecular weight is 295 g/mol. The molecule has 1 N–H and O–H groups in total. The number of rotatable bonds is 4. The third kappa shape index (κ3) is 3.04. The largest absolute Gasteiger partial charge is 0.480 e. The van der Waals surface area contributed by atoms with Gasteiger partial charge in [0, 0.05) is 6.54 Å². The van der Waals surface area contributed by atoms with Gasteiger partial charge in [-0.25, -0.2) is 0 Å². The van der Waals surface area contributed by atoms with Crippen LogP contribution in [0.15, 0.2) is 48.5 Å². The van der Waals surface area contributed by atoms with Crippen LogP contribution in [0.25, 0.3) is 11.1 Å². The van der Waals surface area contributed by atoms with Gasteiger partial charge in [-0.15, -0.1) is 0 Å². The van der Waals surface area contributed by atoms with Gasteiger partial charge in [0.05, 0.1) is 0 Å². The summed E-state index contributed by atoms with van der Waals surface area (Å²) >= 11 is 0. The lowest BCUT2D eigenvalue weighted by molar-refractivity contribution is -0.142. The third-order valence-electron chi connectivity index (χ3n) is 4.42. The van der Waals surface area contributed by atoms with Gasteiger partial charge < -0.3 is 5.11 Å². The molecule has 1 aliphatic rings. The van der Waals surface area contributed by atoms with Crippen LogP contribution in [-0.2, 0) is 11.3 Å². The SMILES string of the molecule is Cc1ccccc1-c1cccc(CN2CCC[C@@H]2C(=O)O)c1. The van der Waals surface area contributed by atoms with E-state index >= 15 is 0 Å². The molecule has 1 heterocycles. The molecule has 0 bridgehead atoms. The van der Waals surface area contributed by atoms with Crippen LogP contribution in [0.4, 0.5) is 0 Å². The van der Waals surface area contributed by atoms with Crippen LogP contribution in [-0.4, -0.2) is 28.6 Å². The second kappa shape index (κ2) is 6.32. The van der Waals surface area contributed by atoms with Crippen molar-refractivity contribution in [2.45, 2.75) is 32.4 Å². The lowest BCUT2D eigenvalue weighted by Crippen LogP contribution is -2.35. The predicted octanol–water partition coefficient (Wildman–Crippen LogP) is 3.71. The highest BCUT2D eigenvalue weighted by atomic mass is 16.4. The van der Waals surface area contributed by atoms with E-state index in [2.05, 4.69) is 54.3 Å². The number of hydrogen-bond acceptors (Lipinski definition) is 2. The number of benzene rings is 2. The number of hydrogen-bond donors (Lipinski definition) is 1. The first kappa shape index (κ1) is 14.8. The van der Waals surface area contributed by atoms with Crippen molar-refractivity contribution in [2.75, 3.05) is 6.54 Å². The first-order valence-electron chi connectivity index (χ1n) is 7.77. The van der Waals surface area contributed by atoms with Gasteiger partial charge in [0.15, 0.2) is 0 Å². The normalized spacial score (nSPS) is 18.5. The standard InChI is InChI=1S/C19H21NO2/c1-14-6-2-3-9-17(14)16-8-4-7-15(12-16)13-20-11-5-10-18(20)19(21)22/h2-4,6-9,12,18H,5,10-11,13H2,1H3,(H,21,22)/t18-/m1/s1. The molecule has 0 unspecified atom stereocenters. The Bertz CT molecular complexity index is 681. The maximum atomic E-state index is 11.3. The number of nitrogens with zero attached hydrogens (tertiary/aromatic N) is 1. The van der Waals surface area contributed by atoms with E-state index in [0.29, 0.717) is 6.54 Å². The second-order valence-corrected chi connectivity index (χ2v) is 5.98. The molecule has 1 fully saturated rings. The van der Waals surface area contributed by atoms with E-state index in [9.17, 15) is 9.90 Å². The fourth-order valence-electron chi connectivity index (χ4n) is 3.26. The molecule has 0 amide bonds. The van der Waals surface area contributed by atoms with E-state index in [-0.39, 0.29) is 6.04 Å². The number of carboxylic acids is 1. The molecular formula is C19H21NO2. The van der Waals surface area contributed by atoms with Crippen molar-refractivity contribution >= 4 is 5.97 Å². The van der Waals surface area contributed by atoms with Crippen LogP contribution >= 0.6 is 0 Å². The van der Waals surface area contributed by atoms with E-state index < -0.39 is 5.97 Å². The molecule has 2 aromatic rings. The topological polar surface area (TPSA) is 40.5 Å². The number of aryl methyl sites for hydroxylation is 1. The maximum absolute atomic E-state index is 11.3. The third-order valence-corrected chi connectivity index (χ3v) is 4.42. The molecule has 3 nitrogen and oxygen atoms in total. The molecule has 1 atom stereocenters. The van der Waals surface area contributed by atoms with Crippen LogP contribution in [0.1, 0.15) is 24.0 Å². The van der Waals surface area contributed by atoms with Crippen molar-refractivity contribution in [3.8, 4) is 11.1 Å². The molecule has 0 saturated carbocycles. The van der Waals surface area contributed by atoms with Crippen LogP contribution in [0, 0.1) is 6.92 Å². The zero-order valence-electron chi connectivity index (χ0n) is 12.8. The first-order valence-corrected chi connectivity index (χ1v) is 7.77. The Morgan fingerprint density at radius 3 is 2.82 bits per heavy atom. The van der Waals surface area contributed by atoms with E-state index in [1.54, 1.807) is 0 Å². The van der Waals surface area contributed by atoms with Gasteiger partial charge in [0.2, 0.25) is 0 Å². The molecule has 1 saturated heterocycles. The summed E-state index contributed by atoms with van der Waals surface area (Å²) in [6.07, 6.45) is 1.72. The highest BCUT2D eigenvalue weighted by molar-refractivity contribution is 5.74. The molecule has 0 aromatic heterocycles. The Morgan fingerprint density at radius 2 is 2.05 bits per heavy atom. The van der Waals surface area contributed by atoms with E-state index in [1.807, 2.05) is 6.07 Å². The molecule has 3 rings (SSSR count). The first-order chi connectivity index (χ1) is 10.6. The van der Waals surface area contributed by atoms with Crippen molar-refractivity contribution in [3.63, 3.8) is 0 Å². The van der Waals surface area contributed by atoms with Crippen molar-refractivity contribution in [1.82, 2.24) is 4.90 Å². The summed E-state index contributed by atoms with van der Waals surface area (Å²) < 4.78 is 0. The molecule has 3 heteroatoms. The summed E-state index contributed by atoms with van der Waals surface area (Å²) in [5, 5.41) is 9.29. The van der Waals surface area contributed by atoms with Gasteiger partial charge in [0.1, 0.15) is 6.04 Å². The number of carbonyl (C=O) groups is 1. The zero-order valence-corrected chi connectivity index (χ0v) is 12.8. The summed E-state index contributed by atoms with van der Waals surface area (Å²) in [6.45, 7) is 3.69. The lowest BCUT2D eigenvalue weighted by Gasteiger charge is -2.21. The van der Waals surface area contributed by atoms with Gasteiger partial charge in [-0.05, 0) is 54.6 Å². The zero-order chi connectivity index (χ0) is 15.5. The smallest absolute Gasteiger partial charge is 0.320 e.